The molecule has 1 aliphatic carbocycles. The smallest absolute Gasteiger partial charge is 0.310 e. The zero-order valence-corrected chi connectivity index (χ0v) is 20.4. The van der Waals surface area contributed by atoms with Crippen molar-refractivity contribution in [1.29, 1.82) is 0 Å². The fourth-order valence-corrected chi connectivity index (χ4v) is 5.35. The number of rotatable bonds is 10. The fourth-order valence-electron chi connectivity index (χ4n) is 5.35. The van der Waals surface area contributed by atoms with E-state index in [2.05, 4.69) is 4.90 Å². The van der Waals surface area contributed by atoms with Crippen LogP contribution in [0.2, 0.25) is 0 Å². The number of esters is 1. The third-order valence-electron chi connectivity index (χ3n) is 7.48. The van der Waals surface area contributed by atoms with Crippen LogP contribution in [0.4, 0.5) is 0 Å². The van der Waals surface area contributed by atoms with Crippen molar-refractivity contribution in [3.63, 3.8) is 0 Å². The fraction of sp³-hybridized carbons (Fsp3) is 0.517. The van der Waals surface area contributed by atoms with Crippen molar-refractivity contribution in [2.75, 3.05) is 33.2 Å². The second kappa shape index (κ2) is 12.2. The van der Waals surface area contributed by atoms with Crippen molar-refractivity contribution in [3.05, 3.63) is 71.8 Å². The zero-order valence-electron chi connectivity index (χ0n) is 20.4. The van der Waals surface area contributed by atoms with E-state index in [-0.39, 0.29) is 24.9 Å². The molecule has 1 saturated carbocycles. The number of ether oxygens (including phenoxy) is 1. The normalized spacial score (nSPS) is 21.0. The Hall–Kier alpha value is -2.66. The molecule has 5 heteroatoms. The molecular formula is C29H38N2O3. The Morgan fingerprint density at radius 2 is 1.47 bits per heavy atom. The van der Waals surface area contributed by atoms with Crippen LogP contribution >= 0.6 is 0 Å². The predicted octanol–water partition coefficient (Wildman–Crippen LogP) is 4.56. The lowest BCUT2D eigenvalue weighted by atomic mass is 9.84. The predicted molar refractivity (Wildman–Crippen MR) is 134 cm³/mol. The van der Waals surface area contributed by atoms with Gasteiger partial charge >= 0.3 is 5.97 Å². The molecule has 5 rings (SSSR count). The molecule has 3 fully saturated rings. The quantitative estimate of drug-likeness (QED) is 0.486. The van der Waals surface area contributed by atoms with Crippen LogP contribution in [0.5, 0.6) is 0 Å². The zero-order chi connectivity index (χ0) is 23.8. The highest BCUT2D eigenvalue weighted by molar-refractivity contribution is 5.83. The van der Waals surface area contributed by atoms with Gasteiger partial charge in [-0.3, -0.25) is 9.59 Å². The van der Waals surface area contributed by atoms with Crippen molar-refractivity contribution in [2.45, 2.75) is 45.1 Å². The average molecular weight is 463 g/mol. The van der Waals surface area contributed by atoms with E-state index in [4.69, 9.17) is 4.74 Å². The van der Waals surface area contributed by atoms with E-state index >= 15 is 0 Å². The summed E-state index contributed by atoms with van der Waals surface area (Å²) in [5.74, 6) is 0.868. The molecule has 5 nitrogen and oxygen atoms in total. The average Bonchev–Trinajstić information content (AvgIpc) is 3.20. The molecule has 0 radical (unpaired) electrons. The maximum absolute atomic E-state index is 13.1. The summed E-state index contributed by atoms with van der Waals surface area (Å²) in [6.07, 6.45) is 6.13. The van der Waals surface area contributed by atoms with Gasteiger partial charge in [0, 0.05) is 39.6 Å². The molecule has 0 N–H and O–H groups in total. The minimum Gasteiger partial charge on any atom is -0.461 e. The first kappa shape index (κ1) is 24.5. The minimum atomic E-state index is -0.491. The number of benzene rings is 2. The maximum Gasteiger partial charge on any atom is 0.310 e. The van der Waals surface area contributed by atoms with E-state index in [0.717, 1.165) is 29.5 Å². The van der Waals surface area contributed by atoms with Crippen LogP contribution in [-0.2, 0) is 27.4 Å². The molecule has 2 aromatic rings. The van der Waals surface area contributed by atoms with Crippen LogP contribution in [0.15, 0.2) is 60.7 Å². The lowest BCUT2D eigenvalue weighted by molar-refractivity contribution is -0.152. The Morgan fingerprint density at radius 1 is 0.912 bits per heavy atom. The molecule has 2 aliphatic heterocycles. The molecule has 1 amide bonds. The number of nitrogens with zero attached hydrogens (tertiary/aromatic N) is 2. The van der Waals surface area contributed by atoms with Crippen LogP contribution in [-0.4, -0.2) is 54.9 Å². The SMILES string of the molecule is CN(CCN1CC2CCC(CC2)C1)C(=O)C[C@@H](Cc1ccccc1)C(=O)OCc1ccccc1. The standard InChI is InChI=1S/C29H38N2O3/c1-30(16-17-31-20-24-12-13-25(21-31)15-14-24)28(32)19-27(18-23-8-4-2-5-9-23)29(33)34-22-26-10-6-3-7-11-26/h2-11,24-25,27H,12-22H2,1H3/t24?,25?,27-/m1/s1. The van der Waals surface area contributed by atoms with E-state index in [1.165, 1.54) is 38.8 Å². The molecule has 2 heterocycles. The highest BCUT2D eigenvalue weighted by atomic mass is 16.5. The summed E-state index contributed by atoms with van der Waals surface area (Å²) in [6.45, 7) is 4.18. The number of likely N-dealkylation sites (N-methyl/N-ethyl adjacent to an activating group) is 1. The van der Waals surface area contributed by atoms with Gasteiger partial charge in [0.05, 0.1) is 5.92 Å². The number of amides is 1. The Morgan fingerprint density at radius 3 is 2.06 bits per heavy atom. The largest absolute Gasteiger partial charge is 0.461 e. The molecule has 1 atom stereocenters. The third-order valence-corrected chi connectivity index (χ3v) is 7.48. The minimum absolute atomic E-state index is 0.00962. The van der Waals surface area contributed by atoms with Crippen LogP contribution in [0.1, 0.15) is 43.2 Å². The summed E-state index contributed by atoms with van der Waals surface area (Å²) >= 11 is 0. The van der Waals surface area contributed by atoms with Gasteiger partial charge in [-0.15, -0.1) is 0 Å². The number of hydrogen-bond donors (Lipinski definition) is 0. The first-order valence-corrected chi connectivity index (χ1v) is 12.8. The van der Waals surface area contributed by atoms with Gasteiger partial charge in [0.25, 0.3) is 0 Å². The number of fused-ring (bicyclic) bond motifs is 4. The van der Waals surface area contributed by atoms with Crippen LogP contribution in [0.3, 0.4) is 0 Å². The maximum atomic E-state index is 13.1. The van der Waals surface area contributed by atoms with Crippen LogP contribution in [0, 0.1) is 17.8 Å². The van der Waals surface area contributed by atoms with Gasteiger partial charge in [0.1, 0.15) is 6.61 Å². The van der Waals surface area contributed by atoms with Gasteiger partial charge in [-0.2, -0.15) is 0 Å². The van der Waals surface area contributed by atoms with Crippen molar-refractivity contribution in [3.8, 4) is 0 Å². The molecule has 0 unspecified atom stereocenters. The van der Waals surface area contributed by atoms with Gasteiger partial charge in [-0.05, 0) is 55.1 Å². The van der Waals surface area contributed by atoms with Crippen LogP contribution < -0.4 is 0 Å². The monoisotopic (exact) mass is 462 g/mol. The third kappa shape index (κ3) is 7.17. The van der Waals surface area contributed by atoms with Gasteiger partial charge in [-0.1, -0.05) is 60.7 Å². The van der Waals surface area contributed by atoms with E-state index < -0.39 is 5.92 Å². The number of carbonyl (C=O) groups excluding carboxylic acids is 2. The van der Waals surface area contributed by atoms with E-state index in [1.54, 1.807) is 4.90 Å². The molecule has 182 valence electrons. The molecule has 2 bridgehead atoms. The number of hydrogen-bond acceptors (Lipinski definition) is 4. The Kier molecular flexibility index (Phi) is 8.75. The highest BCUT2D eigenvalue weighted by Crippen LogP contribution is 2.33. The summed E-state index contributed by atoms with van der Waals surface area (Å²) in [5, 5.41) is 0. The molecule has 0 spiro atoms. The molecule has 3 aliphatic rings. The Labute approximate surface area is 204 Å². The topological polar surface area (TPSA) is 49.9 Å². The summed E-state index contributed by atoms with van der Waals surface area (Å²) in [6, 6.07) is 19.6. The highest BCUT2D eigenvalue weighted by Gasteiger charge is 2.30. The summed E-state index contributed by atoms with van der Waals surface area (Å²) in [7, 11) is 1.86. The lowest BCUT2D eigenvalue weighted by Gasteiger charge is -2.26. The van der Waals surface area contributed by atoms with Gasteiger partial charge in [0.15, 0.2) is 0 Å². The molecule has 2 aromatic carbocycles. The van der Waals surface area contributed by atoms with Gasteiger partial charge in [-0.25, -0.2) is 0 Å². The number of carbonyl (C=O) groups is 2. The molecule has 34 heavy (non-hydrogen) atoms. The van der Waals surface area contributed by atoms with Crippen molar-refractivity contribution in [2.24, 2.45) is 17.8 Å². The van der Waals surface area contributed by atoms with Crippen molar-refractivity contribution in [1.82, 2.24) is 9.80 Å². The molecule has 2 saturated heterocycles. The van der Waals surface area contributed by atoms with Gasteiger partial charge in [0.2, 0.25) is 5.91 Å². The first-order valence-electron chi connectivity index (χ1n) is 12.8. The Balaban J connectivity index is 1.32. The van der Waals surface area contributed by atoms with E-state index in [0.29, 0.717) is 13.0 Å². The van der Waals surface area contributed by atoms with Crippen LogP contribution in [0.25, 0.3) is 0 Å². The summed E-state index contributed by atoms with van der Waals surface area (Å²) in [5.41, 5.74) is 1.99. The molecular weight excluding hydrogens is 424 g/mol. The summed E-state index contributed by atoms with van der Waals surface area (Å²) < 4.78 is 5.62. The Bertz CT molecular complexity index is 895. The molecule has 0 aromatic heterocycles. The van der Waals surface area contributed by atoms with E-state index in [1.807, 2.05) is 67.7 Å². The van der Waals surface area contributed by atoms with Gasteiger partial charge < -0.3 is 14.5 Å². The van der Waals surface area contributed by atoms with Crippen molar-refractivity contribution < 1.29 is 14.3 Å². The lowest BCUT2D eigenvalue weighted by Crippen LogP contribution is -2.39. The van der Waals surface area contributed by atoms with Crippen molar-refractivity contribution >= 4 is 11.9 Å². The second-order valence-corrected chi connectivity index (χ2v) is 10.1. The summed E-state index contributed by atoms with van der Waals surface area (Å²) in [4.78, 5) is 30.5. The first-order chi connectivity index (χ1) is 16.6. The van der Waals surface area contributed by atoms with E-state index in [9.17, 15) is 9.59 Å². The second-order valence-electron chi connectivity index (χ2n) is 10.1.